The first-order valence-electron chi connectivity index (χ1n) is 10.1. The summed E-state index contributed by atoms with van der Waals surface area (Å²) in [6.07, 6.45) is 0.159. The van der Waals surface area contributed by atoms with E-state index in [1.54, 1.807) is 36.4 Å². The second kappa shape index (κ2) is 11.1. The van der Waals surface area contributed by atoms with Gasteiger partial charge in [0.1, 0.15) is 11.9 Å². The van der Waals surface area contributed by atoms with Crippen LogP contribution in [0.2, 0.25) is 10.0 Å². The third kappa shape index (κ3) is 5.87. The minimum absolute atomic E-state index is 0.0709. The van der Waals surface area contributed by atoms with E-state index >= 15 is 0 Å². The van der Waals surface area contributed by atoms with E-state index < -0.39 is 11.9 Å². The standard InChI is InChI=1S/C25H23Cl2FN2O2/c1-29-25(32)23(14-17-8-3-2-4-9-17)30(16-18-10-5-6-13-22(18)28)24(31)15-19-20(26)11-7-12-21(19)27/h2-13,23H,14-16H2,1H3,(H,29,32)/t23-/m1/s1. The maximum Gasteiger partial charge on any atom is 0.242 e. The lowest BCUT2D eigenvalue weighted by Crippen LogP contribution is -2.50. The molecule has 0 aliphatic heterocycles. The van der Waals surface area contributed by atoms with Crippen molar-refractivity contribution in [3.8, 4) is 0 Å². The van der Waals surface area contributed by atoms with E-state index in [-0.39, 0.29) is 31.2 Å². The quantitative estimate of drug-likeness (QED) is 0.497. The minimum Gasteiger partial charge on any atom is -0.357 e. The van der Waals surface area contributed by atoms with Gasteiger partial charge in [-0.05, 0) is 29.3 Å². The van der Waals surface area contributed by atoms with Crippen LogP contribution in [-0.4, -0.2) is 29.8 Å². The Morgan fingerprint density at radius 3 is 2.19 bits per heavy atom. The molecule has 0 spiro atoms. The summed E-state index contributed by atoms with van der Waals surface area (Å²) in [5.74, 6) is -1.17. The van der Waals surface area contributed by atoms with Crippen LogP contribution < -0.4 is 5.32 Å². The molecule has 0 unspecified atom stereocenters. The Kier molecular flexibility index (Phi) is 8.26. The minimum atomic E-state index is -0.851. The Morgan fingerprint density at radius 1 is 0.938 bits per heavy atom. The first-order valence-corrected chi connectivity index (χ1v) is 10.9. The number of hydrogen-bond donors (Lipinski definition) is 1. The molecule has 0 saturated heterocycles. The van der Waals surface area contributed by atoms with E-state index in [1.807, 2.05) is 30.3 Å². The van der Waals surface area contributed by atoms with E-state index in [0.29, 0.717) is 21.2 Å². The zero-order chi connectivity index (χ0) is 23.1. The van der Waals surface area contributed by atoms with Gasteiger partial charge in [-0.15, -0.1) is 0 Å². The molecule has 3 aromatic carbocycles. The van der Waals surface area contributed by atoms with Crippen molar-refractivity contribution in [1.82, 2.24) is 10.2 Å². The molecule has 0 aliphatic carbocycles. The van der Waals surface area contributed by atoms with Crippen LogP contribution in [0.1, 0.15) is 16.7 Å². The van der Waals surface area contributed by atoms with Crippen LogP contribution in [0.4, 0.5) is 4.39 Å². The molecule has 2 amide bonds. The number of nitrogens with zero attached hydrogens (tertiary/aromatic N) is 1. The molecule has 7 heteroatoms. The molecule has 0 radical (unpaired) electrons. The Balaban J connectivity index is 1.99. The van der Waals surface area contributed by atoms with Crippen LogP contribution >= 0.6 is 23.2 Å². The lowest BCUT2D eigenvalue weighted by atomic mass is 10.0. The van der Waals surface area contributed by atoms with Gasteiger partial charge in [0.2, 0.25) is 11.8 Å². The zero-order valence-electron chi connectivity index (χ0n) is 17.5. The van der Waals surface area contributed by atoms with Crippen molar-refractivity contribution in [2.24, 2.45) is 0 Å². The van der Waals surface area contributed by atoms with Gasteiger partial charge in [-0.25, -0.2) is 4.39 Å². The molecule has 3 rings (SSSR count). The monoisotopic (exact) mass is 472 g/mol. The van der Waals surface area contributed by atoms with Crippen molar-refractivity contribution >= 4 is 35.0 Å². The molecular weight excluding hydrogens is 450 g/mol. The molecule has 0 fully saturated rings. The summed E-state index contributed by atoms with van der Waals surface area (Å²) in [7, 11) is 1.51. The highest BCUT2D eigenvalue weighted by molar-refractivity contribution is 6.36. The van der Waals surface area contributed by atoms with Crippen LogP contribution in [0.25, 0.3) is 0 Å². The average Bonchev–Trinajstić information content (AvgIpc) is 2.80. The summed E-state index contributed by atoms with van der Waals surface area (Å²) in [6.45, 7) is -0.0709. The molecule has 3 aromatic rings. The third-order valence-electron chi connectivity index (χ3n) is 5.21. The van der Waals surface area contributed by atoms with E-state index in [1.165, 1.54) is 18.0 Å². The molecule has 4 nitrogen and oxygen atoms in total. The van der Waals surface area contributed by atoms with Gasteiger partial charge in [0.05, 0.1) is 6.42 Å². The number of hydrogen-bond acceptors (Lipinski definition) is 2. The molecule has 0 aliphatic rings. The normalized spacial score (nSPS) is 11.6. The number of rotatable bonds is 8. The lowest BCUT2D eigenvalue weighted by molar-refractivity contribution is -0.140. The predicted octanol–water partition coefficient (Wildman–Crippen LogP) is 5.06. The Bertz CT molecular complexity index is 1070. The van der Waals surface area contributed by atoms with Gasteiger partial charge in [-0.2, -0.15) is 0 Å². The van der Waals surface area contributed by atoms with Gasteiger partial charge < -0.3 is 10.2 Å². The van der Waals surface area contributed by atoms with Crippen molar-refractivity contribution in [3.05, 3.63) is 105 Å². The van der Waals surface area contributed by atoms with Crippen molar-refractivity contribution in [2.75, 3.05) is 7.05 Å². The third-order valence-corrected chi connectivity index (χ3v) is 5.91. The maximum absolute atomic E-state index is 14.5. The van der Waals surface area contributed by atoms with E-state index in [4.69, 9.17) is 23.2 Å². The fourth-order valence-electron chi connectivity index (χ4n) is 3.48. The Hall–Kier alpha value is -2.89. The number of amides is 2. The van der Waals surface area contributed by atoms with Crippen molar-refractivity contribution in [2.45, 2.75) is 25.4 Å². The Labute approximate surface area is 197 Å². The number of carbonyl (C=O) groups is 2. The largest absolute Gasteiger partial charge is 0.357 e. The first kappa shape index (κ1) is 23.8. The van der Waals surface area contributed by atoms with E-state index in [2.05, 4.69) is 5.32 Å². The predicted molar refractivity (Wildman–Crippen MR) is 125 cm³/mol. The molecule has 0 bridgehead atoms. The average molecular weight is 473 g/mol. The summed E-state index contributed by atoms with van der Waals surface area (Å²) < 4.78 is 14.5. The van der Waals surface area contributed by atoms with Gasteiger partial charge in [-0.1, -0.05) is 77.8 Å². The van der Waals surface area contributed by atoms with Crippen LogP contribution in [-0.2, 0) is 29.0 Å². The van der Waals surface area contributed by atoms with Crippen LogP contribution in [0, 0.1) is 5.82 Å². The second-order valence-electron chi connectivity index (χ2n) is 7.31. The van der Waals surface area contributed by atoms with Crippen molar-refractivity contribution < 1.29 is 14.0 Å². The number of carbonyl (C=O) groups excluding carboxylic acids is 2. The number of benzene rings is 3. The molecular formula is C25H23Cl2FN2O2. The molecule has 0 aromatic heterocycles. The number of nitrogens with one attached hydrogen (secondary N) is 1. The Morgan fingerprint density at radius 2 is 1.56 bits per heavy atom. The van der Waals surface area contributed by atoms with Gasteiger partial charge in [0.25, 0.3) is 0 Å². The maximum atomic E-state index is 14.5. The van der Waals surface area contributed by atoms with Crippen molar-refractivity contribution in [3.63, 3.8) is 0 Å². The summed E-state index contributed by atoms with van der Waals surface area (Å²) in [5.41, 5.74) is 1.66. The molecule has 166 valence electrons. The highest BCUT2D eigenvalue weighted by Gasteiger charge is 2.31. The zero-order valence-corrected chi connectivity index (χ0v) is 19.0. The number of likely N-dealkylation sites (N-methyl/N-ethyl adjacent to an activating group) is 1. The molecule has 1 atom stereocenters. The summed E-state index contributed by atoms with van der Waals surface area (Å²) in [5, 5.41) is 3.34. The fraction of sp³-hybridized carbons (Fsp3) is 0.200. The van der Waals surface area contributed by atoms with Gasteiger partial charge >= 0.3 is 0 Å². The summed E-state index contributed by atoms with van der Waals surface area (Å²) >= 11 is 12.5. The SMILES string of the molecule is CNC(=O)[C@@H](Cc1ccccc1)N(Cc1ccccc1F)C(=O)Cc1c(Cl)cccc1Cl. The highest BCUT2D eigenvalue weighted by Crippen LogP contribution is 2.26. The van der Waals surface area contributed by atoms with Crippen molar-refractivity contribution in [1.29, 1.82) is 0 Å². The highest BCUT2D eigenvalue weighted by atomic mass is 35.5. The smallest absolute Gasteiger partial charge is 0.242 e. The molecule has 0 heterocycles. The van der Waals surface area contributed by atoms with Gasteiger partial charge in [-0.3, -0.25) is 9.59 Å². The first-order chi connectivity index (χ1) is 15.4. The number of halogens is 3. The van der Waals surface area contributed by atoms with Gasteiger partial charge in [0.15, 0.2) is 0 Å². The van der Waals surface area contributed by atoms with E-state index in [0.717, 1.165) is 5.56 Å². The molecule has 32 heavy (non-hydrogen) atoms. The molecule has 0 saturated carbocycles. The summed E-state index contributed by atoms with van der Waals surface area (Å²) in [4.78, 5) is 27.8. The topological polar surface area (TPSA) is 49.4 Å². The molecule has 1 N–H and O–H groups in total. The van der Waals surface area contributed by atoms with Crippen LogP contribution in [0.5, 0.6) is 0 Å². The fourth-order valence-corrected chi connectivity index (χ4v) is 4.02. The lowest BCUT2D eigenvalue weighted by Gasteiger charge is -2.31. The van der Waals surface area contributed by atoms with Crippen LogP contribution in [0.15, 0.2) is 72.8 Å². The summed E-state index contributed by atoms with van der Waals surface area (Å²) in [6, 6.07) is 19.7. The van der Waals surface area contributed by atoms with Gasteiger partial charge in [0, 0.05) is 35.6 Å². The second-order valence-corrected chi connectivity index (χ2v) is 8.12. The van der Waals surface area contributed by atoms with E-state index in [9.17, 15) is 14.0 Å². The van der Waals surface area contributed by atoms with Crippen LogP contribution in [0.3, 0.4) is 0 Å².